The molecule has 3 aromatic rings. The first-order valence-electron chi connectivity index (χ1n) is 8.29. The zero-order valence-corrected chi connectivity index (χ0v) is 15.6. The van der Waals surface area contributed by atoms with Gasteiger partial charge in [0.05, 0.1) is 4.90 Å². The van der Waals surface area contributed by atoms with Gasteiger partial charge in [0.2, 0.25) is 10.0 Å². The second-order valence-electron chi connectivity index (χ2n) is 5.91. The highest BCUT2D eigenvalue weighted by molar-refractivity contribution is 7.89. The van der Waals surface area contributed by atoms with E-state index in [0.717, 1.165) is 11.3 Å². The summed E-state index contributed by atoms with van der Waals surface area (Å²) in [7, 11) is -2.00. The van der Waals surface area contributed by atoms with Gasteiger partial charge in [-0.15, -0.1) is 0 Å². The Kier molecular flexibility index (Phi) is 5.63. The number of benzene rings is 2. The van der Waals surface area contributed by atoms with Crippen molar-refractivity contribution in [2.24, 2.45) is 0 Å². The molecule has 27 heavy (non-hydrogen) atoms. The molecule has 6 nitrogen and oxygen atoms in total. The Morgan fingerprint density at radius 1 is 1.00 bits per heavy atom. The second kappa shape index (κ2) is 8.11. The van der Waals surface area contributed by atoms with E-state index in [1.807, 2.05) is 30.3 Å². The van der Waals surface area contributed by atoms with E-state index in [1.165, 1.54) is 29.2 Å². The lowest BCUT2D eigenvalue weighted by atomic mass is 10.2. The number of pyridine rings is 1. The van der Waals surface area contributed by atoms with E-state index < -0.39 is 10.0 Å². The van der Waals surface area contributed by atoms with Crippen molar-refractivity contribution in [3.8, 4) is 0 Å². The summed E-state index contributed by atoms with van der Waals surface area (Å²) < 4.78 is 27.4. The van der Waals surface area contributed by atoms with Crippen LogP contribution in [0, 0.1) is 0 Å². The number of anilines is 1. The van der Waals surface area contributed by atoms with Crippen molar-refractivity contribution < 1.29 is 13.2 Å². The highest BCUT2D eigenvalue weighted by Gasteiger charge is 2.17. The maximum Gasteiger partial charge on any atom is 0.258 e. The molecule has 0 aliphatic rings. The van der Waals surface area contributed by atoms with Crippen LogP contribution in [0.25, 0.3) is 0 Å². The summed E-state index contributed by atoms with van der Waals surface area (Å²) >= 11 is 0. The van der Waals surface area contributed by atoms with Crippen molar-refractivity contribution in [2.45, 2.75) is 11.4 Å². The topological polar surface area (TPSA) is 79.4 Å². The van der Waals surface area contributed by atoms with Gasteiger partial charge in [0.25, 0.3) is 5.91 Å². The Balaban J connectivity index is 1.71. The third-order valence-electron chi connectivity index (χ3n) is 4.05. The number of sulfonamides is 1. The van der Waals surface area contributed by atoms with Crippen LogP contribution in [0.1, 0.15) is 15.9 Å². The van der Waals surface area contributed by atoms with Crippen molar-refractivity contribution in [3.63, 3.8) is 0 Å². The number of nitrogens with zero attached hydrogens (tertiary/aromatic N) is 2. The number of rotatable bonds is 6. The van der Waals surface area contributed by atoms with E-state index in [0.29, 0.717) is 5.56 Å². The summed E-state index contributed by atoms with van der Waals surface area (Å²) in [6, 6.07) is 18.7. The molecule has 0 saturated heterocycles. The number of hydrogen-bond donors (Lipinski definition) is 1. The number of carbonyl (C=O) groups is 1. The molecule has 138 valence electrons. The Hall–Kier alpha value is -3.03. The molecule has 7 heteroatoms. The van der Waals surface area contributed by atoms with E-state index in [1.54, 1.807) is 31.6 Å². The van der Waals surface area contributed by atoms with Crippen LogP contribution in [-0.2, 0) is 16.6 Å². The van der Waals surface area contributed by atoms with Gasteiger partial charge < -0.3 is 4.90 Å². The molecule has 0 radical (unpaired) electrons. The number of nitrogens with one attached hydrogen (secondary N) is 1. The molecule has 0 spiro atoms. The molecule has 0 unspecified atom stereocenters. The van der Waals surface area contributed by atoms with E-state index in [2.05, 4.69) is 9.71 Å². The third kappa shape index (κ3) is 4.58. The zero-order chi connectivity index (χ0) is 19.3. The van der Waals surface area contributed by atoms with Crippen LogP contribution < -0.4 is 9.62 Å². The Bertz CT molecular complexity index is 1010. The minimum absolute atomic E-state index is 0.102. The number of aromatic nitrogens is 1. The quantitative estimate of drug-likeness (QED) is 0.712. The number of para-hydroxylation sites is 1. The molecule has 2 aromatic carbocycles. The van der Waals surface area contributed by atoms with E-state index >= 15 is 0 Å². The molecule has 0 aliphatic heterocycles. The van der Waals surface area contributed by atoms with Crippen LogP contribution in [0.2, 0.25) is 0 Å². The number of hydrogen-bond acceptors (Lipinski definition) is 4. The molecule has 0 fully saturated rings. The van der Waals surface area contributed by atoms with Crippen LogP contribution in [-0.4, -0.2) is 26.4 Å². The molecular weight excluding hydrogens is 362 g/mol. The molecule has 0 saturated carbocycles. The van der Waals surface area contributed by atoms with Crippen molar-refractivity contribution in [2.75, 3.05) is 11.9 Å². The van der Waals surface area contributed by atoms with Gasteiger partial charge in [-0.05, 0) is 48.0 Å². The van der Waals surface area contributed by atoms with Gasteiger partial charge >= 0.3 is 0 Å². The summed E-state index contributed by atoms with van der Waals surface area (Å²) in [6.07, 6.45) is 3.23. The van der Waals surface area contributed by atoms with Crippen LogP contribution in [0.3, 0.4) is 0 Å². The molecule has 1 heterocycles. The van der Waals surface area contributed by atoms with Gasteiger partial charge in [-0.3, -0.25) is 9.78 Å². The van der Waals surface area contributed by atoms with E-state index in [-0.39, 0.29) is 17.3 Å². The molecule has 1 amide bonds. The summed E-state index contributed by atoms with van der Waals surface area (Å²) in [5, 5.41) is 0. The third-order valence-corrected chi connectivity index (χ3v) is 5.47. The number of carbonyl (C=O) groups excluding carboxylic acids is 1. The van der Waals surface area contributed by atoms with Gasteiger partial charge in [0, 0.05) is 37.2 Å². The van der Waals surface area contributed by atoms with E-state index in [4.69, 9.17) is 0 Å². The predicted molar refractivity (Wildman–Crippen MR) is 104 cm³/mol. The van der Waals surface area contributed by atoms with Crippen molar-refractivity contribution in [3.05, 3.63) is 90.3 Å². The number of amides is 1. The van der Waals surface area contributed by atoms with Crippen LogP contribution in [0.4, 0.5) is 5.69 Å². The highest BCUT2D eigenvalue weighted by atomic mass is 32.2. The first-order valence-corrected chi connectivity index (χ1v) is 9.77. The van der Waals surface area contributed by atoms with Crippen LogP contribution >= 0.6 is 0 Å². The van der Waals surface area contributed by atoms with Gasteiger partial charge in [-0.2, -0.15) is 0 Å². The van der Waals surface area contributed by atoms with Crippen LogP contribution in [0.5, 0.6) is 0 Å². The normalized spacial score (nSPS) is 11.1. The monoisotopic (exact) mass is 381 g/mol. The minimum Gasteiger partial charge on any atom is -0.311 e. The molecular formula is C20H19N3O3S. The molecule has 0 aliphatic carbocycles. The minimum atomic E-state index is -3.68. The molecule has 0 atom stereocenters. The maximum absolute atomic E-state index is 12.6. The van der Waals surface area contributed by atoms with Crippen molar-refractivity contribution in [1.29, 1.82) is 0 Å². The largest absolute Gasteiger partial charge is 0.311 e. The van der Waals surface area contributed by atoms with Gasteiger partial charge in [-0.1, -0.05) is 24.3 Å². The Morgan fingerprint density at radius 3 is 2.33 bits per heavy atom. The lowest BCUT2D eigenvalue weighted by molar-refractivity contribution is 0.0993. The Morgan fingerprint density at radius 2 is 1.70 bits per heavy atom. The first-order chi connectivity index (χ1) is 13.0. The van der Waals surface area contributed by atoms with Crippen molar-refractivity contribution in [1.82, 2.24) is 9.71 Å². The molecule has 0 bridgehead atoms. The lowest BCUT2D eigenvalue weighted by Crippen LogP contribution is -2.26. The summed E-state index contributed by atoms with van der Waals surface area (Å²) in [4.78, 5) is 18.1. The standard InChI is InChI=1S/C20H19N3O3S/c1-23(18-7-3-2-4-8-18)20(24)17-9-11-19(12-10-17)27(25,26)22-15-16-6-5-13-21-14-16/h2-14,22H,15H2,1H3. The SMILES string of the molecule is CN(C(=O)c1ccc(S(=O)(=O)NCc2cccnc2)cc1)c1ccccc1. The Labute approximate surface area is 158 Å². The van der Waals surface area contributed by atoms with Gasteiger partial charge in [0.1, 0.15) is 0 Å². The zero-order valence-electron chi connectivity index (χ0n) is 14.7. The van der Waals surface area contributed by atoms with Crippen molar-refractivity contribution >= 4 is 21.6 Å². The fourth-order valence-electron chi connectivity index (χ4n) is 2.50. The lowest BCUT2D eigenvalue weighted by Gasteiger charge is -2.17. The first kappa shape index (κ1) is 18.8. The fourth-order valence-corrected chi connectivity index (χ4v) is 3.52. The van der Waals surface area contributed by atoms with Gasteiger partial charge in [0.15, 0.2) is 0 Å². The summed E-state index contributed by atoms with van der Waals surface area (Å²) in [6.45, 7) is 0.146. The molecule has 1 N–H and O–H groups in total. The fraction of sp³-hybridized carbons (Fsp3) is 0.100. The van der Waals surface area contributed by atoms with Gasteiger partial charge in [-0.25, -0.2) is 13.1 Å². The molecule has 1 aromatic heterocycles. The predicted octanol–water partition coefficient (Wildman–Crippen LogP) is 2.84. The average Bonchev–Trinajstić information content (AvgIpc) is 2.73. The summed E-state index contributed by atoms with van der Waals surface area (Å²) in [5.41, 5.74) is 1.93. The molecule has 3 rings (SSSR count). The smallest absolute Gasteiger partial charge is 0.258 e. The summed E-state index contributed by atoms with van der Waals surface area (Å²) in [5.74, 6) is -0.214. The van der Waals surface area contributed by atoms with Crippen LogP contribution in [0.15, 0.2) is 84.0 Å². The second-order valence-corrected chi connectivity index (χ2v) is 7.68. The maximum atomic E-state index is 12.6. The average molecular weight is 381 g/mol. The highest BCUT2D eigenvalue weighted by Crippen LogP contribution is 2.17. The van der Waals surface area contributed by atoms with E-state index in [9.17, 15) is 13.2 Å².